The molecule has 11 nitrogen and oxygen atoms in total. The van der Waals surface area contributed by atoms with Crippen molar-refractivity contribution in [1.82, 2.24) is 15.2 Å². The zero-order valence-corrected chi connectivity index (χ0v) is 18.5. The summed E-state index contributed by atoms with van der Waals surface area (Å²) in [4.78, 5) is 58.5. The molecule has 2 unspecified atom stereocenters. The Morgan fingerprint density at radius 1 is 1.41 bits per heavy atom. The summed E-state index contributed by atoms with van der Waals surface area (Å²) < 4.78 is 0. The maximum atomic E-state index is 13.0. The molecular formula is C20H23N5O6S. The van der Waals surface area contributed by atoms with Gasteiger partial charge in [0.05, 0.1) is 0 Å². The number of nitrogens with one attached hydrogen (secondary N) is 2. The van der Waals surface area contributed by atoms with Gasteiger partial charge in [0.1, 0.15) is 35.2 Å². The highest BCUT2D eigenvalue weighted by molar-refractivity contribution is 8.00. The van der Waals surface area contributed by atoms with Gasteiger partial charge in [-0.2, -0.15) is 0 Å². The Morgan fingerprint density at radius 3 is 2.81 bits per heavy atom. The summed E-state index contributed by atoms with van der Waals surface area (Å²) >= 11 is 1.36. The van der Waals surface area contributed by atoms with Crippen molar-refractivity contribution in [1.29, 1.82) is 0 Å². The minimum Gasteiger partial charge on any atom is -0.477 e. The smallest absolute Gasteiger partial charge is 0.352 e. The van der Waals surface area contributed by atoms with Gasteiger partial charge in [0.15, 0.2) is 5.71 Å². The minimum absolute atomic E-state index is 0.0970. The third kappa shape index (κ3) is 4.90. The molecule has 2 aliphatic rings. The number of carboxylic acids is 1. The molecule has 3 N–H and O–H groups in total. The molecule has 0 aromatic carbocycles. The number of amides is 3. The lowest BCUT2D eigenvalue weighted by molar-refractivity contribution is -0.150. The van der Waals surface area contributed by atoms with Crippen molar-refractivity contribution in [3.05, 3.63) is 35.7 Å². The van der Waals surface area contributed by atoms with Gasteiger partial charge < -0.3 is 20.6 Å². The van der Waals surface area contributed by atoms with Crippen molar-refractivity contribution in [2.75, 3.05) is 11.9 Å². The third-order valence-corrected chi connectivity index (χ3v) is 5.86. The molecule has 0 aliphatic carbocycles. The van der Waals surface area contributed by atoms with Crippen LogP contribution >= 0.6 is 11.8 Å². The zero-order valence-electron chi connectivity index (χ0n) is 17.6. The molecule has 3 amide bonds. The van der Waals surface area contributed by atoms with Gasteiger partial charge in [-0.1, -0.05) is 25.1 Å². The molecule has 12 heteroatoms. The van der Waals surface area contributed by atoms with E-state index in [2.05, 4.69) is 20.8 Å². The summed E-state index contributed by atoms with van der Waals surface area (Å²) in [6.45, 7) is 5.90. The van der Waals surface area contributed by atoms with Crippen LogP contribution < -0.4 is 10.6 Å². The molecular weight excluding hydrogens is 438 g/mol. The number of pyridine rings is 1. The average molecular weight is 462 g/mol. The van der Waals surface area contributed by atoms with Gasteiger partial charge in [-0.3, -0.25) is 19.3 Å². The van der Waals surface area contributed by atoms with E-state index in [0.717, 1.165) is 4.90 Å². The number of aliphatic carboxylic acids is 1. The van der Waals surface area contributed by atoms with Crippen LogP contribution in [-0.4, -0.2) is 68.2 Å². The van der Waals surface area contributed by atoms with Crippen LogP contribution in [0.2, 0.25) is 0 Å². The van der Waals surface area contributed by atoms with Crippen molar-refractivity contribution in [2.45, 2.75) is 37.4 Å². The first-order valence-electron chi connectivity index (χ1n) is 9.85. The fourth-order valence-corrected chi connectivity index (χ4v) is 4.43. The van der Waals surface area contributed by atoms with Gasteiger partial charge >= 0.3 is 5.97 Å². The number of oxime groups is 1. The van der Waals surface area contributed by atoms with E-state index in [1.165, 1.54) is 30.0 Å². The fourth-order valence-electron chi connectivity index (χ4n) is 3.10. The third-order valence-electron chi connectivity index (χ3n) is 4.53. The van der Waals surface area contributed by atoms with Gasteiger partial charge in [-0.05, 0) is 31.1 Å². The minimum atomic E-state index is -1.20. The largest absolute Gasteiger partial charge is 0.477 e. The molecule has 3 heterocycles. The van der Waals surface area contributed by atoms with Crippen LogP contribution in [0, 0.1) is 5.92 Å². The number of thioether (sulfide) groups is 1. The van der Waals surface area contributed by atoms with E-state index in [-0.39, 0.29) is 40.7 Å². The van der Waals surface area contributed by atoms with Gasteiger partial charge in [0.2, 0.25) is 6.41 Å². The normalized spacial score (nSPS) is 22.4. The molecule has 1 aromatic heterocycles. The average Bonchev–Trinajstić information content (AvgIpc) is 2.74. The highest BCUT2D eigenvalue weighted by Gasteiger charge is 2.54. The maximum Gasteiger partial charge on any atom is 0.352 e. The number of anilines is 1. The van der Waals surface area contributed by atoms with Crippen LogP contribution in [0.25, 0.3) is 0 Å². The van der Waals surface area contributed by atoms with Gasteiger partial charge in [-0.25, -0.2) is 9.78 Å². The van der Waals surface area contributed by atoms with Crippen LogP contribution in [0.1, 0.15) is 26.5 Å². The van der Waals surface area contributed by atoms with E-state index in [9.17, 15) is 24.3 Å². The lowest BCUT2D eigenvalue weighted by Crippen LogP contribution is -2.71. The maximum absolute atomic E-state index is 13.0. The number of nitrogens with zero attached hydrogens (tertiary/aromatic N) is 3. The van der Waals surface area contributed by atoms with Crippen LogP contribution in [-0.2, 0) is 24.0 Å². The van der Waals surface area contributed by atoms with Crippen molar-refractivity contribution in [2.24, 2.45) is 11.1 Å². The lowest BCUT2D eigenvalue weighted by atomic mass is 10.0. The molecule has 1 aromatic rings. The summed E-state index contributed by atoms with van der Waals surface area (Å²) in [5, 5.41) is 17.6. The standard InChI is InChI=1S/C20H23N5O6S/c1-10(2)8-31-24-15(12-5-4-6-14(22-12)21-9-26)17(27)23-16-18(28)25-13(20(29)30)7-11(3)32-19(16)25/h4-7,9-11,16,19H,8H2,1-3H3,(H,23,27)(H,29,30)(H,21,22,26)/t11?,16?,19-/m0/s1. The predicted molar refractivity (Wildman–Crippen MR) is 117 cm³/mol. The molecule has 0 spiro atoms. The van der Waals surface area contributed by atoms with Crippen LogP contribution in [0.4, 0.5) is 5.82 Å². The number of carbonyl (C=O) groups excluding carboxylic acids is 3. The van der Waals surface area contributed by atoms with Gasteiger partial charge in [0, 0.05) is 5.25 Å². The number of hydrogen-bond acceptors (Lipinski definition) is 8. The monoisotopic (exact) mass is 461 g/mol. The topological polar surface area (TPSA) is 150 Å². The quantitative estimate of drug-likeness (QED) is 0.211. The SMILES string of the molecule is CC(C)CON=C(C(=O)NC1C(=O)N2C(C(=O)O)=CC(C)S[C@@H]12)c1cccc(NC=O)n1. The van der Waals surface area contributed by atoms with Crippen molar-refractivity contribution >= 4 is 47.5 Å². The van der Waals surface area contributed by atoms with Crippen molar-refractivity contribution < 1.29 is 29.1 Å². The molecule has 1 saturated heterocycles. The first-order chi connectivity index (χ1) is 15.2. The number of aromatic nitrogens is 1. The van der Waals surface area contributed by atoms with E-state index < -0.39 is 29.2 Å². The molecule has 0 radical (unpaired) electrons. The van der Waals surface area contributed by atoms with E-state index in [1.54, 1.807) is 6.07 Å². The molecule has 0 saturated carbocycles. The highest BCUT2D eigenvalue weighted by atomic mass is 32.2. The number of fused-ring (bicyclic) bond motifs is 1. The lowest BCUT2D eigenvalue weighted by Gasteiger charge is -2.49. The Hall–Kier alpha value is -3.41. The Morgan fingerprint density at radius 2 is 2.16 bits per heavy atom. The number of β-lactam (4-membered cyclic amide) rings is 1. The van der Waals surface area contributed by atoms with Crippen LogP contribution in [0.15, 0.2) is 35.1 Å². The van der Waals surface area contributed by atoms with Gasteiger partial charge in [0.25, 0.3) is 11.8 Å². The summed E-state index contributed by atoms with van der Waals surface area (Å²) in [7, 11) is 0. The van der Waals surface area contributed by atoms with Gasteiger partial charge in [-0.15, -0.1) is 11.8 Å². The first kappa shape index (κ1) is 23.3. The second-order valence-electron chi connectivity index (χ2n) is 7.55. The zero-order chi connectivity index (χ0) is 23.4. The molecule has 0 bridgehead atoms. The van der Waals surface area contributed by atoms with E-state index in [1.807, 2.05) is 20.8 Å². The van der Waals surface area contributed by atoms with Crippen molar-refractivity contribution in [3.8, 4) is 0 Å². The Labute approximate surface area is 188 Å². The van der Waals surface area contributed by atoms with Crippen molar-refractivity contribution in [3.63, 3.8) is 0 Å². The molecule has 170 valence electrons. The number of rotatable bonds is 9. The van der Waals surface area contributed by atoms with E-state index in [0.29, 0.717) is 6.41 Å². The summed E-state index contributed by atoms with van der Waals surface area (Å²) in [6.07, 6.45) is 1.95. The van der Waals surface area contributed by atoms with E-state index in [4.69, 9.17) is 4.84 Å². The molecule has 3 rings (SSSR count). The van der Waals surface area contributed by atoms with Crippen LogP contribution in [0.3, 0.4) is 0 Å². The number of carbonyl (C=O) groups is 4. The summed E-state index contributed by atoms with van der Waals surface area (Å²) in [6, 6.07) is 3.71. The van der Waals surface area contributed by atoms with Crippen LogP contribution in [0.5, 0.6) is 0 Å². The Balaban J connectivity index is 1.82. The number of carboxylic acid groups (broad SMARTS) is 1. The Kier molecular flexibility index (Phi) is 7.13. The molecule has 3 atom stereocenters. The second kappa shape index (κ2) is 9.81. The highest BCUT2D eigenvalue weighted by Crippen LogP contribution is 2.40. The second-order valence-corrected chi connectivity index (χ2v) is 9.05. The fraction of sp³-hybridized carbons (Fsp3) is 0.400. The molecule has 32 heavy (non-hydrogen) atoms. The van der Waals surface area contributed by atoms with E-state index >= 15 is 0 Å². The number of hydrogen-bond donors (Lipinski definition) is 3. The summed E-state index contributed by atoms with van der Waals surface area (Å²) in [5.41, 5.74) is -0.132. The molecule has 2 aliphatic heterocycles. The first-order valence-corrected chi connectivity index (χ1v) is 10.8. The predicted octanol–water partition coefficient (Wildman–Crippen LogP) is 0.784. The Bertz CT molecular complexity index is 994. The summed E-state index contributed by atoms with van der Waals surface area (Å²) in [5.74, 6) is -2.07. The molecule has 1 fully saturated rings.